The molecule has 0 radical (unpaired) electrons. The number of hydrogen-bond donors (Lipinski definition) is 1. The highest BCUT2D eigenvalue weighted by Gasteiger charge is 2.53. The van der Waals surface area contributed by atoms with Crippen LogP contribution < -0.4 is 5.32 Å². The van der Waals surface area contributed by atoms with Gasteiger partial charge in [-0.05, 0) is 27.7 Å². The van der Waals surface area contributed by atoms with E-state index in [1.54, 1.807) is 0 Å². The van der Waals surface area contributed by atoms with Crippen molar-refractivity contribution in [3.8, 4) is 0 Å². The van der Waals surface area contributed by atoms with Gasteiger partial charge >= 0.3 is 0 Å². The van der Waals surface area contributed by atoms with Crippen molar-refractivity contribution < 1.29 is 18.9 Å². The van der Waals surface area contributed by atoms with Gasteiger partial charge in [0, 0.05) is 6.54 Å². The van der Waals surface area contributed by atoms with Gasteiger partial charge in [-0.3, -0.25) is 0 Å². The predicted molar refractivity (Wildman–Crippen MR) is 60.5 cm³/mol. The molecule has 0 amide bonds. The normalized spacial score (nSPS) is 47.3. The molecule has 0 aliphatic carbocycles. The summed E-state index contributed by atoms with van der Waals surface area (Å²) in [6, 6.07) is 0.196. The zero-order valence-electron chi connectivity index (χ0n) is 10.9. The van der Waals surface area contributed by atoms with Gasteiger partial charge in [-0.15, -0.1) is 0 Å². The number of hydrogen-bond acceptors (Lipinski definition) is 5. The van der Waals surface area contributed by atoms with Crippen molar-refractivity contribution >= 4 is 0 Å². The van der Waals surface area contributed by atoms with Crippen LogP contribution in [-0.2, 0) is 18.9 Å². The molecule has 0 aromatic heterocycles. The molecule has 0 saturated carbocycles. The van der Waals surface area contributed by atoms with Gasteiger partial charge in [-0.2, -0.15) is 0 Å². The molecule has 0 spiro atoms. The molecule has 17 heavy (non-hydrogen) atoms. The summed E-state index contributed by atoms with van der Waals surface area (Å²) >= 11 is 0. The van der Waals surface area contributed by atoms with Gasteiger partial charge < -0.3 is 24.3 Å². The highest BCUT2D eigenvalue weighted by Crippen LogP contribution is 2.37. The van der Waals surface area contributed by atoms with Crippen LogP contribution in [0.25, 0.3) is 0 Å². The highest BCUT2D eigenvalue weighted by atomic mass is 16.8. The van der Waals surface area contributed by atoms with Crippen LogP contribution in [0.1, 0.15) is 27.7 Å². The Morgan fingerprint density at radius 1 is 0.941 bits per heavy atom. The lowest BCUT2D eigenvalue weighted by Gasteiger charge is -2.46. The van der Waals surface area contributed by atoms with Crippen LogP contribution in [0.3, 0.4) is 0 Å². The Balaban J connectivity index is 1.80. The van der Waals surface area contributed by atoms with Crippen LogP contribution in [0, 0.1) is 0 Å². The van der Waals surface area contributed by atoms with E-state index in [1.807, 2.05) is 27.7 Å². The average Bonchev–Trinajstić information content (AvgIpc) is 2.51. The van der Waals surface area contributed by atoms with E-state index in [1.165, 1.54) is 0 Å². The van der Waals surface area contributed by atoms with Crippen LogP contribution in [-0.4, -0.2) is 49.1 Å². The summed E-state index contributed by atoms with van der Waals surface area (Å²) < 4.78 is 23.5. The lowest BCUT2D eigenvalue weighted by molar-refractivity contribution is -0.306. The van der Waals surface area contributed by atoms with Crippen molar-refractivity contribution in [3.63, 3.8) is 0 Å². The minimum atomic E-state index is -0.541. The van der Waals surface area contributed by atoms with Gasteiger partial charge in [0.05, 0.1) is 12.6 Å². The smallest absolute Gasteiger partial charge is 0.163 e. The van der Waals surface area contributed by atoms with Crippen LogP contribution in [0.15, 0.2) is 0 Å². The fourth-order valence-electron chi connectivity index (χ4n) is 2.87. The van der Waals surface area contributed by atoms with E-state index in [0.717, 1.165) is 6.54 Å². The molecule has 0 aromatic carbocycles. The van der Waals surface area contributed by atoms with Crippen LogP contribution >= 0.6 is 0 Å². The second-order valence-corrected chi connectivity index (χ2v) is 5.95. The Hall–Kier alpha value is -0.200. The largest absolute Gasteiger partial charge is 0.349 e. The van der Waals surface area contributed by atoms with Gasteiger partial charge in [0.25, 0.3) is 0 Å². The number of fused-ring (bicyclic) bond motifs is 3. The van der Waals surface area contributed by atoms with Crippen LogP contribution in [0.2, 0.25) is 0 Å². The van der Waals surface area contributed by atoms with E-state index in [9.17, 15) is 0 Å². The van der Waals surface area contributed by atoms with Gasteiger partial charge in [0.1, 0.15) is 18.3 Å². The molecule has 3 fully saturated rings. The summed E-state index contributed by atoms with van der Waals surface area (Å²) in [7, 11) is 0. The summed E-state index contributed by atoms with van der Waals surface area (Å²) in [5.41, 5.74) is 0. The number of ether oxygens (including phenoxy) is 4. The summed E-state index contributed by atoms with van der Waals surface area (Å²) in [5.74, 6) is -1.06. The first-order valence-corrected chi connectivity index (χ1v) is 6.27. The van der Waals surface area contributed by atoms with Crippen molar-refractivity contribution in [3.05, 3.63) is 0 Å². The Morgan fingerprint density at radius 2 is 1.65 bits per heavy atom. The molecule has 3 heterocycles. The van der Waals surface area contributed by atoms with Gasteiger partial charge in [-0.25, -0.2) is 0 Å². The lowest BCUT2D eigenvalue weighted by atomic mass is 9.95. The minimum absolute atomic E-state index is 0.000532. The first-order valence-electron chi connectivity index (χ1n) is 6.27. The van der Waals surface area contributed by atoms with Crippen molar-refractivity contribution in [2.75, 3.05) is 13.2 Å². The zero-order chi connectivity index (χ0) is 12.3. The molecular formula is C12H21NO4. The summed E-state index contributed by atoms with van der Waals surface area (Å²) in [4.78, 5) is 0. The maximum absolute atomic E-state index is 6.00. The summed E-state index contributed by atoms with van der Waals surface area (Å²) in [6.07, 6.45) is 0.0684. The van der Waals surface area contributed by atoms with Crippen molar-refractivity contribution in [1.29, 1.82) is 0 Å². The Bertz CT molecular complexity index is 318. The molecular weight excluding hydrogens is 222 g/mol. The molecule has 3 aliphatic heterocycles. The van der Waals surface area contributed by atoms with Crippen molar-refractivity contribution in [2.24, 2.45) is 0 Å². The molecule has 3 aliphatic rings. The Labute approximate surface area is 102 Å². The summed E-state index contributed by atoms with van der Waals surface area (Å²) in [5, 5.41) is 3.41. The van der Waals surface area contributed by atoms with Gasteiger partial charge in [0.15, 0.2) is 11.6 Å². The third kappa shape index (κ3) is 2.11. The third-order valence-electron chi connectivity index (χ3n) is 3.55. The molecule has 1 N–H and O–H groups in total. The maximum atomic E-state index is 6.00. The van der Waals surface area contributed by atoms with Crippen molar-refractivity contribution in [2.45, 2.75) is 63.6 Å². The SMILES string of the molecule is CC1(C)OC[C@@H]2NC[C@H]3OC(C)(C)O[C@H]3[C@@H]2O1. The topological polar surface area (TPSA) is 49.0 Å². The maximum Gasteiger partial charge on any atom is 0.163 e. The molecule has 0 bridgehead atoms. The predicted octanol–water partition coefficient (Wildman–Crippen LogP) is 0.630. The Morgan fingerprint density at radius 3 is 2.41 bits per heavy atom. The van der Waals surface area contributed by atoms with E-state index in [0.29, 0.717) is 6.61 Å². The van der Waals surface area contributed by atoms with Crippen LogP contribution in [0.4, 0.5) is 0 Å². The highest BCUT2D eigenvalue weighted by molar-refractivity contribution is 5.01. The standard InChI is InChI=1S/C12H21NO4/c1-11(2)14-6-7-9(16-11)10-8(5-13-7)15-12(3,4)17-10/h7-10,13H,5-6H2,1-4H3/t7-,8+,9+,10+/m0/s1. The van der Waals surface area contributed by atoms with Gasteiger partial charge in [0.2, 0.25) is 0 Å². The minimum Gasteiger partial charge on any atom is -0.349 e. The van der Waals surface area contributed by atoms with E-state index < -0.39 is 11.6 Å². The lowest BCUT2D eigenvalue weighted by Crippen LogP contribution is -2.65. The second kappa shape index (κ2) is 3.65. The first-order chi connectivity index (χ1) is 7.86. The summed E-state index contributed by atoms with van der Waals surface area (Å²) in [6.45, 7) is 9.23. The first kappa shape index (κ1) is 11.9. The number of nitrogens with one attached hydrogen (secondary N) is 1. The third-order valence-corrected chi connectivity index (χ3v) is 3.55. The molecule has 98 valence electrons. The van der Waals surface area contributed by atoms with E-state index in [2.05, 4.69) is 5.32 Å². The van der Waals surface area contributed by atoms with Crippen molar-refractivity contribution in [1.82, 2.24) is 5.32 Å². The molecule has 5 nitrogen and oxygen atoms in total. The van der Waals surface area contributed by atoms with Crippen LogP contribution in [0.5, 0.6) is 0 Å². The zero-order valence-corrected chi connectivity index (χ0v) is 10.9. The molecule has 0 aromatic rings. The monoisotopic (exact) mass is 243 g/mol. The van der Waals surface area contributed by atoms with E-state index in [4.69, 9.17) is 18.9 Å². The molecule has 3 rings (SSSR count). The fraction of sp³-hybridized carbons (Fsp3) is 1.00. The van der Waals surface area contributed by atoms with E-state index >= 15 is 0 Å². The average molecular weight is 243 g/mol. The molecule has 0 unspecified atom stereocenters. The fourth-order valence-corrected chi connectivity index (χ4v) is 2.87. The number of piperidine rings is 1. The molecule has 5 heteroatoms. The second-order valence-electron chi connectivity index (χ2n) is 5.95. The number of rotatable bonds is 0. The molecule has 4 atom stereocenters. The molecule has 3 saturated heterocycles. The Kier molecular flexibility index (Phi) is 2.55. The van der Waals surface area contributed by atoms with Gasteiger partial charge in [-0.1, -0.05) is 0 Å². The quantitative estimate of drug-likeness (QED) is 0.676. The van der Waals surface area contributed by atoms with E-state index in [-0.39, 0.29) is 24.4 Å².